The minimum atomic E-state index is -0.760. The van der Waals surface area contributed by atoms with Gasteiger partial charge in [-0.25, -0.2) is 0 Å². The van der Waals surface area contributed by atoms with Crippen molar-refractivity contribution in [2.75, 3.05) is 27.4 Å². The van der Waals surface area contributed by atoms with Gasteiger partial charge in [0.15, 0.2) is 11.5 Å². The Balaban J connectivity index is 1.85. The fraction of sp³-hybridized carbons (Fsp3) is 0.333. The predicted molar refractivity (Wildman–Crippen MR) is 114 cm³/mol. The van der Waals surface area contributed by atoms with Crippen LogP contribution < -0.4 is 9.47 Å². The summed E-state index contributed by atoms with van der Waals surface area (Å²) in [6.45, 7) is 0.911. The van der Waals surface area contributed by atoms with Crippen LogP contribution in [0.4, 0.5) is 0 Å². The van der Waals surface area contributed by atoms with Crippen LogP contribution in [0.3, 0.4) is 0 Å². The largest absolute Gasteiger partial charge is 0.507 e. The second-order valence-corrected chi connectivity index (χ2v) is 7.57. The molecule has 2 saturated heterocycles. The van der Waals surface area contributed by atoms with E-state index < -0.39 is 17.7 Å². The third-order valence-corrected chi connectivity index (χ3v) is 5.73. The minimum Gasteiger partial charge on any atom is -0.507 e. The predicted octanol–water partition coefficient (Wildman–Crippen LogP) is 3.30. The minimum absolute atomic E-state index is 0.0569. The van der Waals surface area contributed by atoms with E-state index in [0.29, 0.717) is 29.2 Å². The number of aliphatic hydroxyl groups is 1. The molecule has 0 radical (unpaired) electrons. The average molecular weight is 423 g/mol. The number of nitrogens with zero attached hydrogens (tertiary/aromatic N) is 1. The topological polar surface area (TPSA) is 85.3 Å². The molecule has 2 aromatic rings. The normalized spacial score (nSPS) is 22.7. The van der Waals surface area contributed by atoms with Crippen molar-refractivity contribution in [2.45, 2.75) is 25.0 Å². The number of likely N-dealkylation sites (tertiary alicyclic amines) is 1. The molecule has 2 aromatic carbocycles. The third kappa shape index (κ3) is 3.88. The van der Waals surface area contributed by atoms with Crippen molar-refractivity contribution in [1.29, 1.82) is 0 Å². The van der Waals surface area contributed by atoms with Crippen molar-refractivity contribution in [3.63, 3.8) is 0 Å². The number of benzene rings is 2. The van der Waals surface area contributed by atoms with E-state index in [0.717, 1.165) is 12.8 Å². The molecule has 7 heteroatoms. The number of aliphatic hydroxyl groups excluding tert-OH is 1. The molecule has 0 aliphatic carbocycles. The quantitative estimate of drug-likeness (QED) is 0.436. The van der Waals surface area contributed by atoms with Crippen molar-refractivity contribution in [2.24, 2.45) is 0 Å². The van der Waals surface area contributed by atoms with Crippen LogP contribution in [0.15, 0.2) is 54.1 Å². The van der Waals surface area contributed by atoms with E-state index in [1.54, 1.807) is 42.5 Å². The molecule has 2 aliphatic rings. The van der Waals surface area contributed by atoms with Gasteiger partial charge in [0, 0.05) is 18.7 Å². The highest BCUT2D eigenvalue weighted by molar-refractivity contribution is 6.46. The molecule has 2 unspecified atom stereocenters. The Morgan fingerprint density at radius 3 is 2.48 bits per heavy atom. The number of hydrogen-bond donors (Lipinski definition) is 1. The van der Waals surface area contributed by atoms with E-state index in [1.807, 2.05) is 6.07 Å². The number of methoxy groups -OCH3 is 2. The zero-order valence-electron chi connectivity index (χ0n) is 17.5. The van der Waals surface area contributed by atoms with Gasteiger partial charge < -0.3 is 24.2 Å². The molecular weight excluding hydrogens is 398 g/mol. The number of ketones is 1. The summed E-state index contributed by atoms with van der Waals surface area (Å²) in [7, 11) is 3.06. The van der Waals surface area contributed by atoms with E-state index in [4.69, 9.17) is 14.2 Å². The molecule has 4 rings (SSSR count). The summed E-state index contributed by atoms with van der Waals surface area (Å²) in [4.78, 5) is 27.6. The Morgan fingerprint density at radius 2 is 1.84 bits per heavy atom. The molecule has 2 aliphatic heterocycles. The number of amides is 1. The molecule has 7 nitrogen and oxygen atoms in total. The average Bonchev–Trinajstić information content (AvgIpc) is 3.41. The van der Waals surface area contributed by atoms with Gasteiger partial charge in [-0.05, 0) is 30.5 Å². The van der Waals surface area contributed by atoms with E-state index in [2.05, 4.69) is 0 Å². The van der Waals surface area contributed by atoms with Crippen LogP contribution in [-0.4, -0.2) is 55.2 Å². The maximum Gasteiger partial charge on any atom is 0.295 e. The SMILES string of the molecule is COc1ccc(C2C(=C(O)c3ccccc3)C(=O)C(=O)N2CC2CCCO2)cc1OC. The Morgan fingerprint density at radius 1 is 1.10 bits per heavy atom. The van der Waals surface area contributed by atoms with Gasteiger partial charge in [0.2, 0.25) is 0 Å². The first-order valence-corrected chi connectivity index (χ1v) is 10.2. The number of rotatable bonds is 6. The van der Waals surface area contributed by atoms with Gasteiger partial charge in [0.25, 0.3) is 11.7 Å². The molecule has 1 N–H and O–H groups in total. The summed E-state index contributed by atoms with van der Waals surface area (Å²) in [6.07, 6.45) is 1.59. The number of carbonyl (C=O) groups excluding carboxylic acids is 2. The van der Waals surface area contributed by atoms with Crippen LogP contribution in [0.2, 0.25) is 0 Å². The van der Waals surface area contributed by atoms with E-state index in [9.17, 15) is 14.7 Å². The van der Waals surface area contributed by atoms with Crippen molar-refractivity contribution in [3.05, 3.63) is 65.2 Å². The Labute approximate surface area is 180 Å². The summed E-state index contributed by atoms with van der Waals surface area (Å²) in [5, 5.41) is 11.0. The van der Waals surface area contributed by atoms with Gasteiger partial charge in [0.1, 0.15) is 5.76 Å². The lowest BCUT2D eigenvalue weighted by atomic mass is 9.95. The summed E-state index contributed by atoms with van der Waals surface area (Å²) in [5.74, 6) is -0.548. The number of ether oxygens (including phenoxy) is 3. The zero-order valence-corrected chi connectivity index (χ0v) is 17.5. The van der Waals surface area contributed by atoms with E-state index in [1.165, 1.54) is 19.1 Å². The standard InChI is InChI=1S/C24H25NO6/c1-29-18-11-10-16(13-19(18)30-2)21-20(22(26)15-7-4-3-5-8-15)23(27)24(28)25(21)14-17-9-6-12-31-17/h3-5,7-8,10-11,13,17,21,26H,6,9,12,14H2,1-2H3. The van der Waals surface area contributed by atoms with Crippen molar-refractivity contribution in [3.8, 4) is 11.5 Å². The van der Waals surface area contributed by atoms with Crippen LogP contribution in [-0.2, 0) is 14.3 Å². The van der Waals surface area contributed by atoms with Crippen LogP contribution in [0.5, 0.6) is 11.5 Å². The first-order valence-electron chi connectivity index (χ1n) is 10.2. The van der Waals surface area contributed by atoms with Gasteiger partial charge in [-0.3, -0.25) is 9.59 Å². The molecule has 0 bridgehead atoms. The fourth-order valence-corrected chi connectivity index (χ4v) is 4.20. The molecular formula is C24H25NO6. The van der Waals surface area contributed by atoms with Crippen LogP contribution in [0.1, 0.15) is 30.0 Å². The summed E-state index contributed by atoms with van der Waals surface area (Å²) in [5.41, 5.74) is 1.18. The molecule has 1 amide bonds. The van der Waals surface area contributed by atoms with Crippen LogP contribution >= 0.6 is 0 Å². The zero-order chi connectivity index (χ0) is 22.0. The number of carbonyl (C=O) groups is 2. The Kier molecular flexibility index (Phi) is 5.95. The Bertz CT molecular complexity index is 1010. The Hall–Kier alpha value is -3.32. The lowest BCUT2D eigenvalue weighted by molar-refractivity contribution is -0.140. The summed E-state index contributed by atoms with van der Waals surface area (Å²) in [6, 6.07) is 13.2. The molecule has 31 heavy (non-hydrogen) atoms. The summed E-state index contributed by atoms with van der Waals surface area (Å²) < 4.78 is 16.5. The van der Waals surface area contributed by atoms with Crippen molar-refractivity contribution >= 4 is 17.4 Å². The van der Waals surface area contributed by atoms with Gasteiger partial charge in [-0.15, -0.1) is 0 Å². The van der Waals surface area contributed by atoms with Crippen molar-refractivity contribution in [1.82, 2.24) is 4.90 Å². The lowest BCUT2D eigenvalue weighted by Gasteiger charge is -2.28. The fourth-order valence-electron chi connectivity index (χ4n) is 4.20. The number of Topliss-reactive ketones (excluding diaryl/α,β-unsaturated/α-hetero) is 1. The van der Waals surface area contributed by atoms with Gasteiger partial charge in [-0.2, -0.15) is 0 Å². The van der Waals surface area contributed by atoms with Crippen LogP contribution in [0.25, 0.3) is 5.76 Å². The first kappa shape index (κ1) is 20.9. The van der Waals surface area contributed by atoms with Gasteiger partial charge in [0.05, 0.1) is 31.9 Å². The van der Waals surface area contributed by atoms with Crippen molar-refractivity contribution < 1.29 is 28.9 Å². The van der Waals surface area contributed by atoms with E-state index >= 15 is 0 Å². The third-order valence-electron chi connectivity index (χ3n) is 5.73. The highest BCUT2D eigenvalue weighted by Gasteiger charge is 2.47. The first-order chi connectivity index (χ1) is 15.0. The summed E-state index contributed by atoms with van der Waals surface area (Å²) >= 11 is 0. The van der Waals surface area contributed by atoms with Gasteiger partial charge >= 0.3 is 0 Å². The molecule has 2 atom stereocenters. The lowest BCUT2D eigenvalue weighted by Crippen LogP contribution is -2.36. The number of hydrogen-bond acceptors (Lipinski definition) is 6. The molecule has 162 valence electrons. The van der Waals surface area contributed by atoms with Crippen LogP contribution in [0, 0.1) is 0 Å². The molecule has 2 heterocycles. The highest BCUT2D eigenvalue weighted by atomic mass is 16.5. The van der Waals surface area contributed by atoms with Gasteiger partial charge in [-0.1, -0.05) is 36.4 Å². The smallest absolute Gasteiger partial charge is 0.295 e. The molecule has 0 saturated carbocycles. The van der Waals surface area contributed by atoms with E-state index in [-0.39, 0.29) is 24.0 Å². The molecule has 2 fully saturated rings. The monoisotopic (exact) mass is 423 g/mol. The highest BCUT2D eigenvalue weighted by Crippen LogP contribution is 2.42. The second-order valence-electron chi connectivity index (χ2n) is 7.57. The second kappa shape index (κ2) is 8.81. The maximum atomic E-state index is 13.1. The molecule has 0 spiro atoms. The maximum absolute atomic E-state index is 13.1. The molecule has 0 aromatic heterocycles.